The second-order valence-electron chi connectivity index (χ2n) is 7.28. The van der Waals surface area contributed by atoms with Gasteiger partial charge >= 0.3 is 0 Å². The number of thioether (sulfide) groups is 1. The third kappa shape index (κ3) is 4.63. The minimum absolute atomic E-state index is 0.121. The van der Waals surface area contributed by atoms with Gasteiger partial charge in [-0.15, -0.1) is 21.5 Å². The van der Waals surface area contributed by atoms with Crippen molar-refractivity contribution < 1.29 is 9.21 Å². The van der Waals surface area contributed by atoms with Gasteiger partial charge in [0.2, 0.25) is 5.91 Å². The lowest BCUT2D eigenvalue weighted by molar-refractivity contribution is -0.115. The van der Waals surface area contributed by atoms with Crippen molar-refractivity contribution in [2.24, 2.45) is 0 Å². The molecule has 7 nitrogen and oxygen atoms in total. The molecular weight excluding hydrogens is 442 g/mol. The van der Waals surface area contributed by atoms with E-state index in [1.165, 1.54) is 28.7 Å². The number of benzene rings is 1. The highest BCUT2D eigenvalue weighted by atomic mass is 32.2. The summed E-state index contributed by atoms with van der Waals surface area (Å²) in [5, 5.41) is 14.4. The van der Waals surface area contributed by atoms with E-state index in [9.17, 15) is 4.79 Å². The fourth-order valence-electron chi connectivity index (χ4n) is 3.27. The molecule has 32 heavy (non-hydrogen) atoms. The summed E-state index contributed by atoms with van der Waals surface area (Å²) in [6.07, 6.45) is 2.64. The zero-order chi connectivity index (χ0) is 22.7. The van der Waals surface area contributed by atoms with Crippen molar-refractivity contribution in [3.8, 4) is 22.6 Å². The van der Waals surface area contributed by atoms with Crippen LogP contribution in [0.1, 0.15) is 32.1 Å². The van der Waals surface area contributed by atoms with Crippen LogP contribution in [-0.4, -0.2) is 30.9 Å². The van der Waals surface area contributed by atoms with E-state index < -0.39 is 0 Å². The van der Waals surface area contributed by atoms with E-state index in [-0.39, 0.29) is 11.2 Å². The highest BCUT2D eigenvalue weighted by Gasteiger charge is 2.22. The Morgan fingerprint density at radius 1 is 1.22 bits per heavy atom. The first-order valence-corrected chi connectivity index (χ1v) is 12.3. The highest BCUT2D eigenvalue weighted by molar-refractivity contribution is 8.00. The van der Waals surface area contributed by atoms with E-state index in [0.29, 0.717) is 16.8 Å². The molecular formula is C23H25N5O2S2. The van der Waals surface area contributed by atoms with Gasteiger partial charge in [0, 0.05) is 17.5 Å². The zero-order valence-corrected chi connectivity index (χ0v) is 20.1. The molecule has 0 saturated carbocycles. The van der Waals surface area contributed by atoms with E-state index in [1.54, 1.807) is 6.26 Å². The Hall–Kier alpha value is -2.91. The Morgan fingerprint density at radius 2 is 2.00 bits per heavy atom. The van der Waals surface area contributed by atoms with Gasteiger partial charge in [0.05, 0.1) is 22.8 Å². The van der Waals surface area contributed by atoms with Crippen LogP contribution in [0.3, 0.4) is 0 Å². The van der Waals surface area contributed by atoms with Gasteiger partial charge < -0.3 is 14.3 Å². The van der Waals surface area contributed by atoms with Crippen LogP contribution in [0.2, 0.25) is 0 Å². The van der Waals surface area contributed by atoms with Gasteiger partial charge in [-0.25, -0.2) is 4.98 Å². The standard InChI is InChI=1S/C23H25N5O2S2/c1-5-16-7-9-17(10-8-16)19-13-31-22(24-19)25-21(29)15(4)32-23-27-26-20(28(23)6-2)18-11-12-30-14(18)3/h7-13,15H,5-6H2,1-4H3,(H,24,25,29). The number of hydrogen-bond acceptors (Lipinski definition) is 7. The van der Waals surface area contributed by atoms with E-state index >= 15 is 0 Å². The third-order valence-corrected chi connectivity index (χ3v) is 7.01. The van der Waals surface area contributed by atoms with Crippen LogP contribution in [0.15, 0.2) is 51.5 Å². The van der Waals surface area contributed by atoms with Gasteiger partial charge in [0.15, 0.2) is 16.1 Å². The second-order valence-corrected chi connectivity index (χ2v) is 9.44. The maximum Gasteiger partial charge on any atom is 0.239 e. The van der Waals surface area contributed by atoms with Crippen LogP contribution in [0.5, 0.6) is 0 Å². The number of anilines is 1. The number of thiazole rings is 1. The van der Waals surface area contributed by atoms with Crippen molar-refractivity contribution >= 4 is 34.1 Å². The van der Waals surface area contributed by atoms with Crippen LogP contribution in [0.4, 0.5) is 5.13 Å². The lowest BCUT2D eigenvalue weighted by Gasteiger charge is -2.11. The number of nitrogens with zero attached hydrogens (tertiary/aromatic N) is 4. The van der Waals surface area contributed by atoms with Gasteiger partial charge in [-0.05, 0) is 38.8 Å². The van der Waals surface area contributed by atoms with Crippen molar-refractivity contribution in [3.63, 3.8) is 0 Å². The number of furan rings is 1. The monoisotopic (exact) mass is 467 g/mol. The van der Waals surface area contributed by atoms with Crippen LogP contribution < -0.4 is 5.32 Å². The first kappa shape index (κ1) is 22.3. The number of carbonyl (C=O) groups is 1. The Kier molecular flexibility index (Phi) is 6.76. The number of aryl methyl sites for hydroxylation is 2. The Morgan fingerprint density at radius 3 is 2.66 bits per heavy atom. The fraction of sp³-hybridized carbons (Fsp3) is 0.304. The van der Waals surface area contributed by atoms with Crippen molar-refractivity contribution in [2.45, 2.75) is 51.1 Å². The largest absolute Gasteiger partial charge is 0.469 e. The van der Waals surface area contributed by atoms with E-state index in [0.717, 1.165) is 34.8 Å². The molecule has 166 valence electrons. The normalized spacial score (nSPS) is 12.1. The molecule has 1 N–H and O–H groups in total. The summed E-state index contributed by atoms with van der Waals surface area (Å²) in [4.78, 5) is 17.4. The van der Waals surface area contributed by atoms with Gasteiger partial charge in [0.25, 0.3) is 0 Å². The molecule has 1 atom stereocenters. The van der Waals surface area contributed by atoms with Gasteiger partial charge in [-0.3, -0.25) is 4.79 Å². The Labute approximate surface area is 195 Å². The van der Waals surface area contributed by atoms with Crippen molar-refractivity contribution in [3.05, 3.63) is 53.3 Å². The maximum atomic E-state index is 12.8. The summed E-state index contributed by atoms with van der Waals surface area (Å²) < 4.78 is 7.39. The molecule has 0 aliphatic rings. The number of amides is 1. The van der Waals surface area contributed by atoms with Gasteiger partial charge in [-0.2, -0.15) is 0 Å². The second kappa shape index (κ2) is 9.70. The third-order valence-electron chi connectivity index (χ3n) is 5.18. The quantitative estimate of drug-likeness (QED) is 0.336. The van der Waals surface area contributed by atoms with Crippen molar-refractivity contribution in [1.82, 2.24) is 19.7 Å². The van der Waals surface area contributed by atoms with E-state index in [4.69, 9.17) is 4.42 Å². The minimum atomic E-state index is -0.362. The number of carbonyl (C=O) groups excluding carboxylic acids is 1. The molecule has 9 heteroatoms. The topological polar surface area (TPSA) is 85.8 Å². The van der Waals surface area contributed by atoms with E-state index in [2.05, 4.69) is 51.7 Å². The Bertz CT molecular complexity index is 1210. The molecule has 0 saturated heterocycles. The summed E-state index contributed by atoms with van der Waals surface area (Å²) in [7, 11) is 0. The molecule has 0 spiro atoms. The lowest BCUT2D eigenvalue weighted by Crippen LogP contribution is -2.22. The highest BCUT2D eigenvalue weighted by Crippen LogP contribution is 2.30. The first-order valence-electron chi connectivity index (χ1n) is 10.5. The maximum absolute atomic E-state index is 12.8. The van der Waals surface area contributed by atoms with Crippen LogP contribution in [0, 0.1) is 6.92 Å². The van der Waals surface area contributed by atoms with Crippen LogP contribution in [-0.2, 0) is 17.8 Å². The lowest BCUT2D eigenvalue weighted by atomic mass is 10.1. The first-order chi connectivity index (χ1) is 15.5. The number of aromatic nitrogens is 4. The predicted molar refractivity (Wildman–Crippen MR) is 129 cm³/mol. The molecule has 3 heterocycles. The fourth-order valence-corrected chi connectivity index (χ4v) is 4.91. The van der Waals surface area contributed by atoms with E-state index in [1.807, 2.05) is 36.8 Å². The number of nitrogens with one attached hydrogen (secondary N) is 1. The van der Waals surface area contributed by atoms with Crippen molar-refractivity contribution in [1.29, 1.82) is 0 Å². The molecule has 1 unspecified atom stereocenters. The van der Waals surface area contributed by atoms with Crippen LogP contribution in [0.25, 0.3) is 22.6 Å². The van der Waals surface area contributed by atoms with Gasteiger partial charge in [-0.1, -0.05) is 43.0 Å². The summed E-state index contributed by atoms with van der Waals surface area (Å²) in [5.74, 6) is 1.41. The summed E-state index contributed by atoms with van der Waals surface area (Å²) in [5.41, 5.74) is 4.10. The number of hydrogen-bond donors (Lipinski definition) is 1. The molecule has 0 fully saturated rings. The molecule has 0 radical (unpaired) electrons. The molecule has 1 amide bonds. The molecule has 0 aliphatic heterocycles. The zero-order valence-electron chi connectivity index (χ0n) is 18.5. The molecule has 0 aliphatic carbocycles. The summed E-state index contributed by atoms with van der Waals surface area (Å²) in [6.45, 7) is 8.60. The van der Waals surface area contributed by atoms with Crippen LogP contribution >= 0.6 is 23.1 Å². The summed E-state index contributed by atoms with van der Waals surface area (Å²) in [6, 6.07) is 10.2. The molecule has 1 aromatic carbocycles. The molecule has 4 aromatic rings. The average molecular weight is 468 g/mol. The summed E-state index contributed by atoms with van der Waals surface area (Å²) >= 11 is 2.80. The molecule has 3 aromatic heterocycles. The average Bonchev–Trinajstić information content (AvgIpc) is 3.53. The SMILES string of the molecule is CCc1ccc(-c2csc(NC(=O)C(C)Sc3nnc(-c4ccoc4C)n3CC)n2)cc1. The molecule has 4 rings (SSSR count). The molecule has 0 bridgehead atoms. The number of rotatable bonds is 8. The van der Waals surface area contributed by atoms with Crippen molar-refractivity contribution in [2.75, 3.05) is 5.32 Å². The minimum Gasteiger partial charge on any atom is -0.469 e. The Balaban J connectivity index is 1.43. The predicted octanol–water partition coefficient (Wildman–Crippen LogP) is 5.67. The van der Waals surface area contributed by atoms with Gasteiger partial charge in [0.1, 0.15) is 5.76 Å². The smallest absolute Gasteiger partial charge is 0.239 e.